The van der Waals surface area contributed by atoms with Crippen molar-refractivity contribution in [2.75, 3.05) is 19.7 Å². The normalized spacial score (nSPS) is 16.2. The van der Waals surface area contributed by atoms with Gasteiger partial charge in [0.25, 0.3) is 5.91 Å². The topological polar surface area (TPSA) is 105 Å². The van der Waals surface area contributed by atoms with Gasteiger partial charge in [0.05, 0.1) is 18.5 Å². The molecule has 1 aromatic carbocycles. The average molecular weight is 387 g/mol. The third-order valence-corrected chi connectivity index (χ3v) is 4.75. The van der Waals surface area contributed by atoms with Crippen molar-refractivity contribution in [1.29, 1.82) is 0 Å². The van der Waals surface area contributed by atoms with Crippen molar-refractivity contribution in [1.82, 2.24) is 14.7 Å². The van der Waals surface area contributed by atoms with E-state index in [-0.39, 0.29) is 43.5 Å². The van der Waals surface area contributed by atoms with Crippen LogP contribution in [0.2, 0.25) is 0 Å². The van der Waals surface area contributed by atoms with Gasteiger partial charge in [-0.25, -0.2) is 9.48 Å². The molecule has 1 fully saturated rings. The Labute approximate surface area is 163 Å². The Balaban J connectivity index is 1.84. The molecule has 8 nitrogen and oxygen atoms in total. The number of benzene rings is 1. The maximum absolute atomic E-state index is 13.0. The predicted molar refractivity (Wildman–Crippen MR) is 102 cm³/mol. The van der Waals surface area contributed by atoms with E-state index in [0.29, 0.717) is 12.4 Å². The first-order chi connectivity index (χ1) is 13.3. The summed E-state index contributed by atoms with van der Waals surface area (Å²) >= 11 is 0. The number of ether oxygens (including phenoxy) is 1. The van der Waals surface area contributed by atoms with Crippen LogP contribution in [0.5, 0.6) is 5.75 Å². The quantitative estimate of drug-likeness (QED) is 0.785. The number of aliphatic carboxylic acids is 1. The standard InChI is InChI=1S/C20H25N3O5/c1-14(2)13-28-16-12-23(15-6-4-3-5-7-15)21-17(16)18(24)22-10-8-20(27,9-11-22)19(25)26/h3-7,12,14,27H,8-11,13H2,1-2H3,(H,25,26). The van der Waals surface area contributed by atoms with Gasteiger partial charge >= 0.3 is 5.97 Å². The molecule has 1 aliphatic rings. The van der Waals surface area contributed by atoms with Crippen LogP contribution in [0.15, 0.2) is 36.5 Å². The second-order valence-electron chi connectivity index (χ2n) is 7.46. The molecule has 0 bridgehead atoms. The van der Waals surface area contributed by atoms with Crippen LogP contribution in [0.1, 0.15) is 37.2 Å². The fourth-order valence-corrected chi connectivity index (χ4v) is 3.02. The fraction of sp³-hybridized carbons (Fsp3) is 0.450. The summed E-state index contributed by atoms with van der Waals surface area (Å²) in [6, 6.07) is 9.41. The molecule has 0 aliphatic carbocycles. The zero-order valence-electron chi connectivity index (χ0n) is 16.0. The first-order valence-corrected chi connectivity index (χ1v) is 9.33. The summed E-state index contributed by atoms with van der Waals surface area (Å²) in [5.41, 5.74) is -0.794. The van der Waals surface area contributed by atoms with E-state index in [2.05, 4.69) is 5.10 Å². The third-order valence-electron chi connectivity index (χ3n) is 4.75. The zero-order chi connectivity index (χ0) is 20.3. The van der Waals surface area contributed by atoms with Gasteiger partial charge < -0.3 is 19.8 Å². The molecular formula is C20H25N3O5. The van der Waals surface area contributed by atoms with Crippen molar-refractivity contribution < 1.29 is 24.5 Å². The van der Waals surface area contributed by atoms with Gasteiger partial charge in [0, 0.05) is 25.9 Å². The number of amides is 1. The summed E-state index contributed by atoms with van der Waals surface area (Å²) in [6.07, 6.45) is 1.65. The van der Waals surface area contributed by atoms with E-state index in [1.165, 1.54) is 4.90 Å². The molecule has 2 N–H and O–H groups in total. The first kappa shape index (κ1) is 19.9. The molecule has 28 heavy (non-hydrogen) atoms. The lowest BCUT2D eigenvalue weighted by Gasteiger charge is -2.35. The van der Waals surface area contributed by atoms with Gasteiger partial charge in [0.2, 0.25) is 0 Å². The van der Waals surface area contributed by atoms with E-state index in [4.69, 9.17) is 9.84 Å². The number of carbonyl (C=O) groups excluding carboxylic acids is 1. The van der Waals surface area contributed by atoms with Crippen molar-refractivity contribution in [2.45, 2.75) is 32.3 Å². The van der Waals surface area contributed by atoms with Crippen LogP contribution in [0, 0.1) is 5.92 Å². The minimum absolute atomic E-state index is 0.0182. The summed E-state index contributed by atoms with van der Waals surface area (Å²) in [5.74, 6) is -0.917. The van der Waals surface area contributed by atoms with Crippen molar-refractivity contribution in [3.8, 4) is 11.4 Å². The highest BCUT2D eigenvalue weighted by atomic mass is 16.5. The van der Waals surface area contributed by atoms with E-state index in [1.54, 1.807) is 10.9 Å². The van der Waals surface area contributed by atoms with E-state index in [0.717, 1.165) is 5.69 Å². The number of rotatable bonds is 6. The Morgan fingerprint density at radius 2 is 1.86 bits per heavy atom. The number of likely N-dealkylation sites (tertiary alicyclic amines) is 1. The van der Waals surface area contributed by atoms with Crippen LogP contribution < -0.4 is 4.74 Å². The molecule has 8 heteroatoms. The minimum Gasteiger partial charge on any atom is -0.489 e. The number of hydrogen-bond acceptors (Lipinski definition) is 5. The Kier molecular flexibility index (Phi) is 5.69. The van der Waals surface area contributed by atoms with Gasteiger partial charge in [-0.15, -0.1) is 0 Å². The zero-order valence-corrected chi connectivity index (χ0v) is 16.0. The lowest BCUT2D eigenvalue weighted by molar-refractivity contribution is -0.162. The fourth-order valence-electron chi connectivity index (χ4n) is 3.02. The molecule has 3 rings (SSSR count). The Morgan fingerprint density at radius 1 is 1.21 bits per heavy atom. The minimum atomic E-state index is -1.78. The maximum Gasteiger partial charge on any atom is 0.335 e. The highest BCUT2D eigenvalue weighted by molar-refractivity contribution is 5.95. The molecule has 150 valence electrons. The number of hydrogen-bond donors (Lipinski definition) is 2. The molecule has 0 spiro atoms. The molecule has 0 saturated carbocycles. The average Bonchev–Trinajstić information content (AvgIpc) is 3.11. The molecule has 0 radical (unpaired) electrons. The van der Waals surface area contributed by atoms with Gasteiger partial charge in [-0.05, 0) is 18.1 Å². The van der Waals surface area contributed by atoms with E-state index >= 15 is 0 Å². The van der Waals surface area contributed by atoms with Crippen LogP contribution in [-0.4, -0.2) is 62.1 Å². The summed E-state index contributed by atoms with van der Waals surface area (Å²) in [6.45, 7) is 4.76. The molecule has 0 unspecified atom stereocenters. The predicted octanol–water partition coefficient (Wildman–Crippen LogP) is 1.96. The molecule has 1 aromatic heterocycles. The molecule has 2 aromatic rings. The monoisotopic (exact) mass is 387 g/mol. The summed E-state index contributed by atoms with van der Waals surface area (Å²) < 4.78 is 7.42. The van der Waals surface area contributed by atoms with Crippen molar-refractivity contribution in [3.05, 3.63) is 42.2 Å². The second-order valence-corrected chi connectivity index (χ2v) is 7.46. The Hall–Kier alpha value is -2.87. The number of piperidine rings is 1. The lowest BCUT2D eigenvalue weighted by Crippen LogP contribution is -2.51. The summed E-state index contributed by atoms with van der Waals surface area (Å²) in [4.78, 5) is 25.7. The van der Waals surface area contributed by atoms with Gasteiger partial charge in [0.15, 0.2) is 17.0 Å². The van der Waals surface area contributed by atoms with Gasteiger partial charge in [-0.1, -0.05) is 32.0 Å². The second kappa shape index (κ2) is 8.02. The number of carboxylic acid groups (broad SMARTS) is 1. The summed E-state index contributed by atoms with van der Waals surface area (Å²) in [7, 11) is 0. The Bertz CT molecular complexity index is 839. The lowest BCUT2D eigenvalue weighted by atomic mass is 9.91. The number of carboxylic acids is 1. The van der Waals surface area contributed by atoms with Crippen LogP contribution in [0.4, 0.5) is 0 Å². The van der Waals surface area contributed by atoms with Crippen LogP contribution >= 0.6 is 0 Å². The van der Waals surface area contributed by atoms with Crippen molar-refractivity contribution >= 4 is 11.9 Å². The molecular weight excluding hydrogens is 362 g/mol. The van der Waals surface area contributed by atoms with Crippen LogP contribution in [-0.2, 0) is 4.79 Å². The molecule has 0 atom stereocenters. The SMILES string of the molecule is CC(C)COc1cn(-c2ccccc2)nc1C(=O)N1CCC(O)(C(=O)O)CC1. The number of nitrogens with zero attached hydrogens (tertiary/aromatic N) is 3. The van der Waals surface area contributed by atoms with Crippen LogP contribution in [0.3, 0.4) is 0 Å². The number of para-hydroxylation sites is 1. The molecule has 1 saturated heterocycles. The largest absolute Gasteiger partial charge is 0.489 e. The number of carbonyl (C=O) groups is 2. The Morgan fingerprint density at radius 3 is 2.43 bits per heavy atom. The van der Waals surface area contributed by atoms with E-state index in [1.807, 2.05) is 44.2 Å². The highest BCUT2D eigenvalue weighted by Crippen LogP contribution is 2.27. The highest BCUT2D eigenvalue weighted by Gasteiger charge is 2.41. The molecule has 1 amide bonds. The van der Waals surface area contributed by atoms with Gasteiger partial charge in [0.1, 0.15) is 0 Å². The van der Waals surface area contributed by atoms with Gasteiger partial charge in [-0.3, -0.25) is 4.79 Å². The number of aliphatic hydroxyl groups is 1. The number of aromatic nitrogens is 2. The maximum atomic E-state index is 13.0. The van der Waals surface area contributed by atoms with Gasteiger partial charge in [-0.2, -0.15) is 5.10 Å². The van der Waals surface area contributed by atoms with Crippen molar-refractivity contribution in [2.24, 2.45) is 5.92 Å². The smallest absolute Gasteiger partial charge is 0.335 e. The first-order valence-electron chi connectivity index (χ1n) is 9.33. The van der Waals surface area contributed by atoms with E-state index < -0.39 is 11.6 Å². The summed E-state index contributed by atoms with van der Waals surface area (Å²) in [5, 5.41) is 23.7. The van der Waals surface area contributed by atoms with E-state index in [9.17, 15) is 14.7 Å². The third kappa shape index (κ3) is 4.17. The van der Waals surface area contributed by atoms with Crippen molar-refractivity contribution in [3.63, 3.8) is 0 Å². The molecule has 1 aliphatic heterocycles. The van der Waals surface area contributed by atoms with Crippen LogP contribution in [0.25, 0.3) is 5.69 Å². The molecule has 2 heterocycles.